The lowest BCUT2D eigenvalue weighted by Crippen LogP contribution is -2.22. The second kappa shape index (κ2) is 10.1. The highest BCUT2D eigenvalue weighted by atomic mass is 16.5. The van der Waals surface area contributed by atoms with Crippen LogP contribution in [0.5, 0.6) is 5.75 Å². The number of aryl methyl sites for hydroxylation is 1. The average Bonchev–Trinajstić information content (AvgIpc) is 3.55. The van der Waals surface area contributed by atoms with Crippen molar-refractivity contribution in [1.82, 2.24) is 15.1 Å². The first-order valence-corrected chi connectivity index (χ1v) is 11.4. The second-order valence-corrected chi connectivity index (χ2v) is 8.20. The summed E-state index contributed by atoms with van der Waals surface area (Å²) in [4.78, 5) is 12.8. The molecule has 2 aromatic heterocycles. The Labute approximate surface area is 203 Å². The third-order valence-electron chi connectivity index (χ3n) is 5.55. The standard InChI is InChI=1S/C29H25N3O3/c1-21-9-8-14-25(17-21)34-20-26-15-16-27(35-26)29(33)30-18-23-19-32(24-12-6-3-7-13-24)31-28(23)22-10-4-2-5-11-22/h2-17,19H,18,20H2,1H3,(H,30,33). The van der Waals surface area contributed by atoms with E-state index in [-0.39, 0.29) is 18.3 Å². The Morgan fingerprint density at radius 3 is 2.49 bits per heavy atom. The fourth-order valence-corrected chi connectivity index (χ4v) is 3.79. The maximum Gasteiger partial charge on any atom is 0.287 e. The van der Waals surface area contributed by atoms with Crippen LogP contribution in [-0.2, 0) is 13.2 Å². The Bertz CT molecular complexity index is 1420. The molecule has 0 aliphatic heterocycles. The van der Waals surface area contributed by atoms with E-state index in [2.05, 4.69) is 5.32 Å². The monoisotopic (exact) mass is 463 g/mol. The topological polar surface area (TPSA) is 69.3 Å². The Morgan fingerprint density at radius 2 is 1.71 bits per heavy atom. The molecule has 0 atom stereocenters. The molecule has 6 nitrogen and oxygen atoms in total. The molecule has 0 fully saturated rings. The van der Waals surface area contributed by atoms with Crippen molar-refractivity contribution in [2.45, 2.75) is 20.1 Å². The SMILES string of the molecule is Cc1cccc(OCc2ccc(C(=O)NCc3cn(-c4ccccc4)nc3-c3ccccc3)o2)c1. The van der Waals surface area contributed by atoms with Crippen molar-refractivity contribution < 1.29 is 13.9 Å². The van der Waals surface area contributed by atoms with E-state index in [1.54, 1.807) is 12.1 Å². The zero-order valence-electron chi connectivity index (χ0n) is 19.3. The van der Waals surface area contributed by atoms with Crippen LogP contribution in [0, 0.1) is 6.92 Å². The molecule has 174 valence electrons. The van der Waals surface area contributed by atoms with Gasteiger partial charge in [-0.2, -0.15) is 5.10 Å². The summed E-state index contributed by atoms with van der Waals surface area (Å²) in [5.74, 6) is 1.29. The van der Waals surface area contributed by atoms with Gasteiger partial charge in [0.1, 0.15) is 18.1 Å². The molecule has 0 aliphatic carbocycles. The lowest BCUT2D eigenvalue weighted by Gasteiger charge is -2.05. The van der Waals surface area contributed by atoms with Gasteiger partial charge in [0.15, 0.2) is 5.76 Å². The summed E-state index contributed by atoms with van der Waals surface area (Å²) in [5, 5.41) is 7.75. The van der Waals surface area contributed by atoms with Crippen LogP contribution in [0.4, 0.5) is 0 Å². The molecular formula is C29H25N3O3. The minimum Gasteiger partial charge on any atom is -0.486 e. The molecule has 5 rings (SSSR count). The molecule has 0 aliphatic rings. The van der Waals surface area contributed by atoms with Crippen LogP contribution in [-0.4, -0.2) is 15.7 Å². The largest absolute Gasteiger partial charge is 0.486 e. The van der Waals surface area contributed by atoms with Crippen molar-refractivity contribution in [2.75, 3.05) is 0 Å². The average molecular weight is 464 g/mol. The molecule has 0 spiro atoms. The van der Waals surface area contributed by atoms with Crippen molar-refractivity contribution in [3.05, 3.63) is 126 Å². The summed E-state index contributed by atoms with van der Waals surface area (Å²) in [6, 6.07) is 31.0. The van der Waals surface area contributed by atoms with E-state index in [1.807, 2.05) is 103 Å². The van der Waals surface area contributed by atoms with Gasteiger partial charge in [0, 0.05) is 23.9 Å². The van der Waals surface area contributed by atoms with Gasteiger partial charge in [-0.25, -0.2) is 4.68 Å². The number of nitrogens with zero attached hydrogens (tertiary/aromatic N) is 2. The van der Waals surface area contributed by atoms with Crippen LogP contribution in [0.15, 0.2) is 108 Å². The molecule has 0 unspecified atom stereocenters. The van der Waals surface area contributed by atoms with Gasteiger partial charge < -0.3 is 14.5 Å². The minimum absolute atomic E-state index is 0.240. The lowest BCUT2D eigenvalue weighted by atomic mass is 10.1. The van der Waals surface area contributed by atoms with E-state index in [0.717, 1.165) is 33.8 Å². The highest BCUT2D eigenvalue weighted by Crippen LogP contribution is 2.24. The highest BCUT2D eigenvalue weighted by Gasteiger charge is 2.16. The Hall–Kier alpha value is -4.58. The van der Waals surface area contributed by atoms with Crippen molar-refractivity contribution in [1.29, 1.82) is 0 Å². The summed E-state index contributed by atoms with van der Waals surface area (Å²) in [5.41, 5.74) is 4.78. The van der Waals surface area contributed by atoms with Gasteiger partial charge in [-0.1, -0.05) is 60.7 Å². The molecule has 1 amide bonds. The molecule has 2 heterocycles. The van der Waals surface area contributed by atoms with Gasteiger partial charge in [0.25, 0.3) is 5.91 Å². The smallest absolute Gasteiger partial charge is 0.287 e. The number of aromatic nitrogens is 2. The van der Waals surface area contributed by atoms with Crippen molar-refractivity contribution >= 4 is 5.91 Å². The van der Waals surface area contributed by atoms with E-state index >= 15 is 0 Å². The third kappa shape index (κ3) is 5.33. The van der Waals surface area contributed by atoms with Gasteiger partial charge >= 0.3 is 0 Å². The van der Waals surface area contributed by atoms with Gasteiger partial charge in [-0.15, -0.1) is 0 Å². The summed E-state index contributed by atoms with van der Waals surface area (Å²) in [7, 11) is 0. The Kier molecular flexibility index (Phi) is 6.44. The molecule has 3 aromatic carbocycles. The number of carbonyl (C=O) groups excluding carboxylic acids is 1. The maximum absolute atomic E-state index is 12.8. The lowest BCUT2D eigenvalue weighted by molar-refractivity contribution is 0.0919. The first-order chi connectivity index (χ1) is 17.2. The summed E-state index contributed by atoms with van der Waals surface area (Å²) < 4.78 is 13.3. The molecule has 0 saturated carbocycles. The number of hydrogen-bond donors (Lipinski definition) is 1. The molecule has 35 heavy (non-hydrogen) atoms. The van der Waals surface area contributed by atoms with Crippen LogP contribution < -0.4 is 10.1 Å². The van der Waals surface area contributed by atoms with Gasteiger partial charge in [-0.05, 0) is 48.9 Å². The van der Waals surface area contributed by atoms with Gasteiger partial charge in [0.2, 0.25) is 0 Å². The zero-order chi connectivity index (χ0) is 24.0. The maximum atomic E-state index is 12.8. The van der Waals surface area contributed by atoms with Crippen molar-refractivity contribution in [3.63, 3.8) is 0 Å². The molecular weight excluding hydrogens is 438 g/mol. The van der Waals surface area contributed by atoms with Gasteiger partial charge in [0.05, 0.1) is 11.4 Å². The molecule has 5 aromatic rings. The third-order valence-corrected chi connectivity index (χ3v) is 5.55. The summed E-state index contributed by atoms with van der Waals surface area (Å²) >= 11 is 0. The van der Waals surface area contributed by atoms with Crippen molar-refractivity contribution in [3.8, 4) is 22.7 Å². The van der Waals surface area contributed by atoms with Crippen LogP contribution in [0.1, 0.15) is 27.4 Å². The summed E-state index contributed by atoms with van der Waals surface area (Å²) in [6.07, 6.45) is 1.95. The molecule has 0 radical (unpaired) electrons. The number of amides is 1. The van der Waals surface area contributed by atoms with Crippen LogP contribution in [0.2, 0.25) is 0 Å². The number of furan rings is 1. The zero-order valence-corrected chi connectivity index (χ0v) is 19.3. The van der Waals surface area contributed by atoms with E-state index in [4.69, 9.17) is 14.3 Å². The predicted octanol–water partition coefficient (Wildman–Crippen LogP) is 5.95. The quantitative estimate of drug-likeness (QED) is 0.309. The number of hydrogen-bond acceptors (Lipinski definition) is 4. The van der Waals surface area contributed by atoms with Crippen LogP contribution in [0.25, 0.3) is 16.9 Å². The first-order valence-electron chi connectivity index (χ1n) is 11.4. The molecule has 6 heteroatoms. The molecule has 0 bridgehead atoms. The fraction of sp³-hybridized carbons (Fsp3) is 0.103. The van der Waals surface area contributed by atoms with E-state index in [9.17, 15) is 4.79 Å². The van der Waals surface area contributed by atoms with Gasteiger partial charge in [-0.3, -0.25) is 4.79 Å². The number of rotatable bonds is 8. The number of nitrogens with one attached hydrogen (secondary N) is 1. The summed E-state index contributed by atoms with van der Waals surface area (Å²) in [6.45, 7) is 2.57. The van der Waals surface area contributed by atoms with Crippen LogP contribution >= 0.6 is 0 Å². The fourth-order valence-electron chi connectivity index (χ4n) is 3.79. The normalized spacial score (nSPS) is 10.8. The highest BCUT2D eigenvalue weighted by molar-refractivity contribution is 5.91. The number of ether oxygens (including phenoxy) is 1. The van der Waals surface area contributed by atoms with E-state index in [1.165, 1.54) is 0 Å². The minimum atomic E-state index is -0.293. The molecule has 1 N–H and O–H groups in total. The number of carbonyl (C=O) groups is 1. The second-order valence-electron chi connectivity index (χ2n) is 8.20. The molecule has 0 saturated heterocycles. The Balaban J connectivity index is 1.28. The van der Waals surface area contributed by atoms with E-state index < -0.39 is 0 Å². The van der Waals surface area contributed by atoms with Crippen LogP contribution in [0.3, 0.4) is 0 Å². The Morgan fingerprint density at radius 1 is 0.943 bits per heavy atom. The number of benzene rings is 3. The van der Waals surface area contributed by atoms with E-state index in [0.29, 0.717) is 12.3 Å². The van der Waals surface area contributed by atoms with Crippen molar-refractivity contribution in [2.24, 2.45) is 0 Å². The number of para-hydroxylation sites is 1. The predicted molar refractivity (Wildman–Crippen MR) is 134 cm³/mol. The first kappa shape index (κ1) is 22.2.